The highest BCUT2D eigenvalue weighted by molar-refractivity contribution is 8.18. The highest BCUT2D eigenvalue weighted by Crippen LogP contribution is 2.35. The second kappa shape index (κ2) is 9.52. The standard InChI is InChI=1S/C24H18Cl2N2OS/c25-20-12-11-19(21(26)14-20)13-22-23(29)28(16-18-9-5-2-6-10-18)24(30-22)27-15-17-7-3-1-4-8-17/h1-14H,15-16H2/b22-13-,27-24?. The molecule has 0 atom stereocenters. The van der Waals surface area contributed by atoms with Crippen molar-refractivity contribution in [1.82, 2.24) is 4.90 Å². The van der Waals surface area contributed by atoms with E-state index in [1.54, 1.807) is 23.1 Å². The van der Waals surface area contributed by atoms with Gasteiger partial charge in [-0.3, -0.25) is 14.7 Å². The van der Waals surface area contributed by atoms with E-state index in [0.717, 1.165) is 16.7 Å². The van der Waals surface area contributed by atoms with Crippen molar-refractivity contribution < 1.29 is 4.79 Å². The van der Waals surface area contributed by atoms with E-state index >= 15 is 0 Å². The lowest BCUT2D eigenvalue weighted by molar-refractivity contribution is -0.122. The Balaban J connectivity index is 1.65. The Morgan fingerprint density at radius 2 is 1.57 bits per heavy atom. The highest BCUT2D eigenvalue weighted by atomic mass is 35.5. The van der Waals surface area contributed by atoms with E-state index in [0.29, 0.717) is 33.2 Å². The minimum Gasteiger partial charge on any atom is -0.282 e. The zero-order valence-corrected chi connectivity index (χ0v) is 18.3. The summed E-state index contributed by atoms with van der Waals surface area (Å²) in [6.07, 6.45) is 1.80. The van der Waals surface area contributed by atoms with Crippen LogP contribution in [0.15, 0.2) is 88.8 Å². The molecule has 1 aliphatic rings. The van der Waals surface area contributed by atoms with E-state index in [9.17, 15) is 4.79 Å². The third-order valence-corrected chi connectivity index (χ3v) is 6.17. The number of amidine groups is 1. The lowest BCUT2D eigenvalue weighted by Gasteiger charge is -2.15. The van der Waals surface area contributed by atoms with Gasteiger partial charge in [0.1, 0.15) is 0 Å². The number of aliphatic imine (C=N–C) groups is 1. The molecule has 3 aromatic carbocycles. The highest BCUT2D eigenvalue weighted by Gasteiger charge is 2.33. The lowest BCUT2D eigenvalue weighted by atomic mass is 10.2. The van der Waals surface area contributed by atoms with E-state index in [2.05, 4.69) is 0 Å². The Morgan fingerprint density at radius 1 is 0.900 bits per heavy atom. The van der Waals surface area contributed by atoms with Crippen molar-refractivity contribution in [1.29, 1.82) is 0 Å². The van der Waals surface area contributed by atoms with E-state index in [1.165, 1.54) is 11.8 Å². The molecule has 0 unspecified atom stereocenters. The maximum Gasteiger partial charge on any atom is 0.267 e. The first-order valence-electron chi connectivity index (χ1n) is 9.39. The van der Waals surface area contributed by atoms with Crippen LogP contribution >= 0.6 is 35.0 Å². The molecule has 0 spiro atoms. The number of hydrogen-bond acceptors (Lipinski definition) is 3. The summed E-state index contributed by atoms with van der Waals surface area (Å²) < 4.78 is 0. The van der Waals surface area contributed by atoms with Crippen LogP contribution in [0.25, 0.3) is 6.08 Å². The zero-order valence-electron chi connectivity index (χ0n) is 16.0. The summed E-state index contributed by atoms with van der Waals surface area (Å²) in [4.78, 5) is 20.2. The van der Waals surface area contributed by atoms with Crippen molar-refractivity contribution in [3.05, 3.63) is 111 Å². The van der Waals surface area contributed by atoms with Gasteiger partial charge in [0.2, 0.25) is 0 Å². The van der Waals surface area contributed by atoms with Crippen LogP contribution < -0.4 is 0 Å². The molecule has 150 valence electrons. The van der Waals surface area contributed by atoms with Gasteiger partial charge >= 0.3 is 0 Å². The molecule has 3 aromatic rings. The van der Waals surface area contributed by atoms with Gasteiger partial charge in [-0.15, -0.1) is 0 Å². The van der Waals surface area contributed by atoms with Gasteiger partial charge in [0.25, 0.3) is 5.91 Å². The average molecular weight is 453 g/mol. The molecule has 4 rings (SSSR count). The fraction of sp³-hybridized carbons (Fsp3) is 0.0833. The minimum atomic E-state index is -0.0818. The van der Waals surface area contributed by atoms with Crippen LogP contribution in [0, 0.1) is 0 Å². The van der Waals surface area contributed by atoms with Gasteiger partial charge in [-0.2, -0.15) is 0 Å². The largest absolute Gasteiger partial charge is 0.282 e. The molecule has 1 fully saturated rings. The second-order valence-corrected chi connectivity index (χ2v) is 8.59. The number of nitrogens with zero attached hydrogens (tertiary/aromatic N) is 2. The van der Waals surface area contributed by atoms with E-state index < -0.39 is 0 Å². The molecule has 0 N–H and O–H groups in total. The van der Waals surface area contributed by atoms with Crippen molar-refractivity contribution in [3.8, 4) is 0 Å². The molecule has 0 aliphatic carbocycles. The molecule has 1 amide bonds. The van der Waals surface area contributed by atoms with E-state index in [1.807, 2.05) is 66.7 Å². The molecule has 0 saturated carbocycles. The van der Waals surface area contributed by atoms with Crippen molar-refractivity contribution in [2.45, 2.75) is 13.1 Å². The minimum absolute atomic E-state index is 0.0818. The van der Waals surface area contributed by atoms with Gasteiger partial charge in [-0.1, -0.05) is 89.9 Å². The molecule has 1 heterocycles. The summed E-state index contributed by atoms with van der Waals surface area (Å²) in [5.41, 5.74) is 2.89. The summed E-state index contributed by atoms with van der Waals surface area (Å²) >= 11 is 13.7. The first kappa shape index (κ1) is 20.7. The number of amides is 1. The Labute approximate surface area is 190 Å². The molecular weight excluding hydrogens is 435 g/mol. The number of rotatable bonds is 5. The van der Waals surface area contributed by atoms with E-state index in [4.69, 9.17) is 28.2 Å². The predicted molar refractivity (Wildman–Crippen MR) is 127 cm³/mol. The van der Waals surface area contributed by atoms with Gasteiger partial charge in [0.05, 0.1) is 18.0 Å². The number of benzene rings is 3. The normalized spacial score (nSPS) is 16.6. The summed E-state index contributed by atoms with van der Waals surface area (Å²) in [6.45, 7) is 0.975. The smallest absolute Gasteiger partial charge is 0.267 e. The summed E-state index contributed by atoms with van der Waals surface area (Å²) in [6, 6.07) is 25.1. The Bertz CT molecular complexity index is 1110. The number of carbonyl (C=O) groups excluding carboxylic acids is 1. The quantitative estimate of drug-likeness (QED) is 0.405. The van der Waals surface area contributed by atoms with Crippen LogP contribution in [-0.2, 0) is 17.9 Å². The molecule has 6 heteroatoms. The lowest BCUT2D eigenvalue weighted by Crippen LogP contribution is -2.28. The fourth-order valence-electron chi connectivity index (χ4n) is 3.03. The predicted octanol–water partition coefficient (Wildman–Crippen LogP) is 6.67. The summed E-state index contributed by atoms with van der Waals surface area (Å²) in [5, 5.41) is 1.75. The van der Waals surface area contributed by atoms with Crippen LogP contribution in [0.3, 0.4) is 0 Å². The number of thioether (sulfide) groups is 1. The van der Waals surface area contributed by atoms with Crippen LogP contribution in [-0.4, -0.2) is 16.0 Å². The van der Waals surface area contributed by atoms with Crippen LogP contribution in [0.4, 0.5) is 0 Å². The van der Waals surface area contributed by atoms with Gasteiger partial charge < -0.3 is 0 Å². The molecule has 1 saturated heterocycles. The Morgan fingerprint density at radius 3 is 2.23 bits per heavy atom. The first-order chi connectivity index (χ1) is 14.6. The SMILES string of the molecule is O=C1/C(=C/c2ccc(Cl)cc2Cl)SC(=NCc2ccccc2)N1Cc1ccccc1. The Kier molecular flexibility index (Phi) is 6.58. The third-order valence-electron chi connectivity index (χ3n) is 4.56. The average Bonchev–Trinajstić information content (AvgIpc) is 3.05. The molecule has 30 heavy (non-hydrogen) atoms. The molecule has 0 aromatic heterocycles. The second-order valence-electron chi connectivity index (χ2n) is 6.74. The zero-order chi connectivity index (χ0) is 20.9. The maximum atomic E-state index is 13.2. The first-order valence-corrected chi connectivity index (χ1v) is 11.0. The molecule has 3 nitrogen and oxygen atoms in total. The summed E-state index contributed by atoms with van der Waals surface area (Å²) in [7, 11) is 0. The van der Waals surface area contributed by atoms with Gasteiger partial charge in [0.15, 0.2) is 5.17 Å². The number of carbonyl (C=O) groups is 1. The van der Waals surface area contributed by atoms with Crippen molar-refractivity contribution in [2.75, 3.05) is 0 Å². The van der Waals surface area contributed by atoms with Crippen molar-refractivity contribution in [3.63, 3.8) is 0 Å². The third kappa shape index (κ3) is 4.96. The van der Waals surface area contributed by atoms with Crippen molar-refractivity contribution >= 4 is 52.1 Å². The van der Waals surface area contributed by atoms with E-state index in [-0.39, 0.29) is 5.91 Å². The Hall–Kier alpha value is -2.53. The van der Waals surface area contributed by atoms with Crippen LogP contribution in [0.1, 0.15) is 16.7 Å². The van der Waals surface area contributed by atoms with Gasteiger partial charge in [-0.25, -0.2) is 0 Å². The number of hydrogen-bond donors (Lipinski definition) is 0. The fourth-order valence-corrected chi connectivity index (χ4v) is 4.46. The monoisotopic (exact) mass is 452 g/mol. The molecule has 0 bridgehead atoms. The molecule has 1 aliphatic heterocycles. The summed E-state index contributed by atoms with van der Waals surface area (Å²) in [5.74, 6) is -0.0818. The molecular formula is C24H18Cl2N2OS. The van der Waals surface area contributed by atoms with Gasteiger partial charge in [0, 0.05) is 10.0 Å². The van der Waals surface area contributed by atoms with Crippen LogP contribution in [0.5, 0.6) is 0 Å². The molecule has 0 radical (unpaired) electrons. The number of halogens is 2. The maximum absolute atomic E-state index is 13.2. The van der Waals surface area contributed by atoms with Crippen molar-refractivity contribution in [2.24, 2.45) is 4.99 Å². The topological polar surface area (TPSA) is 32.7 Å². The van der Waals surface area contributed by atoms with Crippen LogP contribution in [0.2, 0.25) is 10.0 Å². The van der Waals surface area contributed by atoms with Gasteiger partial charge in [-0.05, 0) is 46.7 Å².